The van der Waals surface area contributed by atoms with E-state index in [9.17, 15) is 24.3 Å². The van der Waals surface area contributed by atoms with Crippen molar-refractivity contribution in [1.29, 1.82) is 0 Å². The van der Waals surface area contributed by atoms with Crippen LogP contribution in [0.25, 0.3) is 0 Å². The first kappa shape index (κ1) is 41.1. The molecule has 3 aliphatic heterocycles. The first-order chi connectivity index (χ1) is 24.3. The number of alkyl carbamates (subject to hydrolysis) is 1. The number of anilines is 1. The molecule has 4 rings (SSSR count). The molecular formula is C37H52ClN3O11. The maximum absolute atomic E-state index is 14.2. The molecule has 0 saturated carbocycles. The Morgan fingerprint density at radius 2 is 1.83 bits per heavy atom. The fraction of sp³-hybridized carbons (Fsp3) is 0.622. The van der Waals surface area contributed by atoms with Gasteiger partial charge in [-0.2, -0.15) is 0 Å². The molecule has 3 heterocycles. The summed E-state index contributed by atoms with van der Waals surface area (Å²) in [5.74, 6) is -2.05. The Morgan fingerprint density at radius 3 is 2.42 bits per heavy atom. The molecular weight excluding hydrogens is 698 g/mol. The lowest BCUT2D eigenvalue weighted by atomic mass is 9.83. The summed E-state index contributed by atoms with van der Waals surface area (Å²) in [6.45, 7) is 10.3. The van der Waals surface area contributed by atoms with Gasteiger partial charge in [0.15, 0.2) is 5.72 Å². The Balaban J connectivity index is 1.83. The number of fused-ring (bicyclic) bond motifs is 5. The van der Waals surface area contributed by atoms with Crippen LogP contribution in [0.1, 0.15) is 66.1 Å². The zero-order chi connectivity index (χ0) is 38.9. The number of carbonyl (C=O) groups excluding carboxylic acids is 4. The zero-order valence-electron chi connectivity index (χ0n) is 31.7. The van der Waals surface area contributed by atoms with E-state index in [1.165, 1.54) is 38.2 Å². The average Bonchev–Trinajstić information content (AvgIpc) is 3.79. The summed E-state index contributed by atoms with van der Waals surface area (Å²) < 4.78 is 35.1. The number of likely N-dealkylation sites (N-methyl/N-ethyl adjacent to an activating group) is 1. The number of epoxide rings is 1. The average molecular weight is 750 g/mol. The molecule has 3 amide bonds. The van der Waals surface area contributed by atoms with Crippen molar-refractivity contribution in [3.05, 3.63) is 46.5 Å². The summed E-state index contributed by atoms with van der Waals surface area (Å²) in [6.07, 6.45) is -0.443. The first-order valence-corrected chi connectivity index (χ1v) is 17.6. The van der Waals surface area contributed by atoms with Gasteiger partial charge in [-0.1, -0.05) is 50.6 Å². The number of rotatable bonds is 7. The maximum atomic E-state index is 14.2. The number of carbonyl (C=O) groups is 4. The van der Waals surface area contributed by atoms with E-state index in [1.54, 1.807) is 72.0 Å². The van der Waals surface area contributed by atoms with Crippen molar-refractivity contribution in [1.82, 2.24) is 10.2 Å². The molecule has 288 valence electrons. The molecule has 2 fully saturated rings. The molecule has 4 bridgehead atoms. The molecule has 52 heavy (non-hydrogen) atoms. The molecule has 9 atom stereocenters. The van der Waals surface area contributed by atoms with Crippen LogP contribution < -0.4 is 15.0 Å². The Labute approximate surface area is 310 Å². The summed E-state index contributed by atoms with van der Waals surface area (Å²) in [5, 5.41) is 14.4. The van der Waals surface area contributed by atoms with Gasteiger partial charge in [-0.3, -0.25) is 14.9 Å². The molecule has 3 aliphatic rings. The minimum atomic E-state index is -1.86. The fourth-order valence-electron chi connectivity index (χ4n) is 6.89. The molecule has 15 heteroatoms. The topological polar surface area (TPSA) is 166 Å². The van der Waals surface area contributed by atoms with Crippen LogP contribution in [0, 0.1) is 11.8 Å². The SMILES string of the molecule is COc1cc2cc(c1Cl)N(C)C(=O)C[C@H](OC(=O)[C@H](C)N(C)C(=O)C(C)C)[C@]1(C)O[C@H]1[C@H](C)[C@@H]1C[C@@](O)(NC(=O)O1)[C@H](OC)C=CC=C(C)[C@H]2OC. The van der Waals surface area contributed by atoms with Crippen molar-refractivity contribution in [2.45, 2.75) is 102 Å². The van der Waals surface area contributed by atoms with E-state index in [0.29, 0.717) is 17.0 Å². The van der Waals surface area contributed by atoms with Crippen molar-refractivity contribution >= 4 is 41.2 Å². The minimum Gasteiger partial charge on any atom is -0.495 e. The highest BCUT2D eigenvalue weighted by molar-refractivity contribution is 6.35. The van der Waals surface area contributed by atoms with Crippen LogP contribution in [-0.4, -0.2) is 111 Å². The molecule has 0 aromatic heterocycles. The summed E-state index contributed by atoms with van der Waals surface area (Å²) in [4.78, 5) is 56.1. The van der Waals surface area contributed by atoms with Gasteiger partial charge in [0, 0.05) is 46.6 Å². The summed E-state index contributed by atoms with van der Waals surface area (Å²) in [6, 6.07) is 2.46. The second-order valence-electron chi connectivity index (χ2n) is 14.3. The molecule has 2 N–H and O–H groups in total. The highest BCUT2D eigenvalue weighted by Crippen LogP contribution is 2.49. The van der Waals surface area contributed by atoms with Crippen LogP contribution in [0.15, 0.2) is 35.9 Å². The van der Waals surface area contributed by atoms with Gasteiger partial charge in [0.2, 0.25) is 11.8 Å². The molecule has 14 nitrogen and oxygen atoms in total. The number of nitrogens with one attached hydrogen (secondary N) is 1. The van der Waals surface area contributed by atoms with E-state index in [0.717, 1.165) is 5.57 Å². The number of allylic oxidation sites excluding steroid dienone is 2. The van der Waals surface area contributed by atoms with E-state index < -0.39 is 71.8 Å². The number of ether oxygens (including phenoxy) is 6. The van der Waals surface area contributed by atoms with Crippen LogP contribution in [0.2, 0.25) is 5.02 Å². The molecule has 1 aromatic carbocycles. The lowest BCUT2D eigenvalue weighted by Crippen LogP contribution is -2.63. The number of benzene rings is 1. The molecule has 0 unspecified atom stereocenters. The lowest BCUT2D eigenvalue weighted by molar-refractivity contribution is -0.162. The summed E-state index contributed by atoms with van der Waals surface area (Å²) in [5.41, 5.74) is -1.39. The lowest BCUT2D eigenvalue weighted by Gasteiger charge is -2.42. The molecule has 0 aliphatic carbocycles. The minimum absolute atomic E-state index is 0.0719. The van der Waals surface area contributed by atoms with Gasteiger partial charge in [-0.05, 0) is 44.0 Å². The molecule has 1 aromatic rings. The maximum Gasteiger partial charge on any atom is 0.409 e. The normalized spacial score (nSPS) is 31.5. The van der Waals surface area contributed by atoms with Gasteiger partial charge in [0.25, 0.3) is 0 Å². The molecule has 0 radical (unpaired) electrons. The van der Waals surface area contributed by atoms with Crippen LogP contribution in [0.4, 0.5) is 10.5 Å². The van der Waals surface area contributed by atoms with Crippen LogP contribution in [0.3, 0.4) is 0 Å². The van der Waals surface area contributed by atoms with Crippen molar-refractivity contribution in [2.24, 2.45) is 11.8 Å². The highest BCUT2D eigenvalue weighted by Gasteiger charge is 2.64. The number of nitrogens with zero attached hydrogens (tertiary/aromatic N) is 2. The number of halogens is 1. The van der Waals surface area contributed by atoms with Gasteiger partial charge in [-0.15, -0.1) is 0 Å². The quantitative estimate of drug-likeness (QED) is 0.301. The molecule has 2 saturated heterocycles. The van der Waals surface area contributed by atoms with Crippen molar-refractivity contribution < 1.29 is 52.7 Å². The van der Waals surface area contributed by atoms with Gasteiger partial charge in [0.05, 0.1) is 25.3 Å². The van der Waals surface area contributed by atoms with E-state index in [2.05, 4.69) is 5.32 Å². The highest BCUT2D eigenvalue weighted by atomic mass is 35.5. The number of esters is 1. The predicted molar refractivity (Wildman–Crippen MR) is 192 cm³/mol. The van der Waals surface area contributed by atoms with Crippen LogP contribution in [0.5, 0.6) is 5.75 Å². The standard InChI is InChI=1S/C37H52ClN3O11/c1-19(2)33(43)40(7)22(5)34(44)51-28-17-29(42)41(8)24-15-23(16-25(47-9)30(24)38)31(49-11)20(3)13-12-14-27(48-10)37(46)18-26(50-35(45)39-37)21(4)32-36(28,6)52-32/h12-16,19,21-22,26-28,31-32,46H,17-18H2,1-11H3,(H,39,45)/t21-,22+,26+,27-,28+,31-,32+,36+,37+/m1/s1. The van der Waals surface area contributed by atoms with Crippen molar-refractivity contribution in [2.75, 3.05) is 40.3 Å². The van der Waals surface area contributed by atoms with Crippen LogP contribution >= 0.6 is 11.6 Å². The third-order valence-corrected chi connectivity index (χ3v) is 10.8. The van der Waals surface area contributed by atoms with E-state index in [4.69, 9.17) is 40.0 Å². The second-order valence-corrected chi connectivity index (χ2v) is 14.6. The Hall–Kier alpha value is -3.69. The van der Waals surface area contributed by atoms with Gasteiger partial charge in [0.1, 0.15) is 46.8 Å². The van der Waals surface area contributed by atoms with Gasteiger partial charge in [-0.25, -0.2) is 9.59 Å². The van der Waals surface area contributed by atoms with E-state index in [-0.39, 0.29) is 29.7 Å². The molecule has 0 spiro atoms. The Morgan fingerprint density at radius 1 is 1.15 bits per heavy atom. The Bertz CT molecular complexity index is 1600. The van der Waals surface area contributed by atoms with E-state index >= 15 is 0 Å². The predicted octanol–water partition coefficient (Wildman–Crippen LogP) is 4.32. The number of hydrogen-bond acceptors (Lipinski definition) is 11. The van der Waals surface area contributed by atoms with Gasteiger partial charge >= 0.3 is 12.1 Å². The van der Waals surface area contributed by atoms with Gasteiger partial charge < -0.3 is 43.3 Å². The monoisotopic (exact) mass is 749 g/mol. The summed E-state index contributed by atoms with van der Waals surface area (Å²) in [7, 11) is 7.48. The van der Waals surface area contributed by atoms with Crippen molar-refractivity contribution in [3.63, 3.8) is 0 Å². The number of aliphatic hydroxyl groups is 1. The largest absolute Gasteiger partial charge is 0.495 e. The fourth-order valence-corrected chi connectivity index (χ4v) is 7.21. The third-order valence-electron chi connectivity index (χ3n) is 10.4. The number of amides is 3. The number of methoxy groups -OCH3 is 3. The third kappa shape index (κ3) is 8.26. The zero-order valence-corrected chi connectivity index (χ0v) is 32.5. The van der Waals surface area contributed by atoms with Crippen molar-refractivity contribution in [3.8, 4) is 5.75 Å². The second kappa shape index (κ2) is 16.1. The first-order valence-electron chi connectivity index (χ1n) is 17.2. The van der Waals surface area contributed by atoms with E-state index in [1.807, 2.05) is 6.92 Å². The number of hydrogen-bond donors (Lipinski definition) is 2. The summed E-state index contributed by atoms with van der Waals surface area (Å²) >= 11 is 6.79. The van der Waals surface area contributed by atoms with Crippen LogP contribution in [-0.2, 0) is 38.1 Å². The smallest absolute Gasteiger partial charge is 0.409 e. The Kier molecular flexibility index (Phi) is 12.7.